The molecule has 0 bridgehead atoms. The van der Waals surface area contributed by atoms with Crippen LogP contribution >= 0.6 is 0 Å². The van der Waals surface area contributed by atoms with Crippen LogP contribution in [0.15, 0.2) is 0 Å². The van der Waals surface area contributed by atoms with E-state index in [2.05, 4.69) is 26.7 Å². The van der Waals surface area contributed by atoms with Crippen LogP contribution in [-0.2, 0) is 27.9 Å². The van der Waals surface area contributed by atoms with Gasteiger partial charge >= 0.3 is 0 Å². The third kappa shape index (κ3) is 4.81. The summed E-state index contributed by atoms with van der Waals surface area (Å²) in [7, 11) is 2.06. The lowest BCUT2D eigenvalue weighted by atomic mass is 9.95. The van der Waals surface area contributed by atoms with E-state index in [-0.39, 0.29) is 5.91 Å². The molecule has 26 heavy (non-hydrogen) atoms. The largest absolute Gasteiger partial charge is 0.381 e. The van der Waals surface area contributed by atoms with Gasteiger partial charge in [-0.3, -0.25) is 9.69 Å². The molecule has 0 atom stereocenters. The molecular weight excluding hydrogens is 334 g/mol. The number of ether oxygens (including phenoxy) is 2. The van der Waals surface area contributed by atoms with Crippen molar-refractivity contribution in [2.24, 2.45) is 7.05 Å². The summed E-state index contributed by atoms with van der Waals surface area (Å²) in [4.78, 5) is 16.5. The van der Waals surface area contributed by atoms with Crippen molar-refractivity contribution in [1.82, 2.24) is 24.6 Å². The van der Waals surface area contributed by atoms with Gasteiger partial charge in [-0.15, -0.1) is 10.2 Å². The molecule has 0 N–H and O–H groups in total. The Morgan fingerprint density at radius 2 is 1.92 bits per heavy atom. The van der Waals surface area contributed by atoms with E-state index in [0.717, 1.165) is 70.4 Å². The molecule has 1 amide bonds. The molecular formula is C18H31N5O3. The Hall–Kier alpha value is -1.51. The van der Waals surface area contributed by atoms with Gasteiger partial charge in [-0.05, 0) is 19.8 Å². The second-order valence-electron chi connectivity index (χ2n) is 7.02. The zero-order chi connectivity index (χ0) is 18.4. The number of piperidine rings is 1. The van der Waals surface area contributed by atoms with E-state index in [1.807, 2.05) is 11.8 Å². The van der Waals surface area contributed by atoms with E-state index in [1.54, 1.807) is 0 Å². The Kier molecular flexibility index (Phi) is 6.99. The molecule has 2 fully saturated rings. The van der Waals surface area contributed by atoms with Crippen LogP contribution in [-0.4, -0.2) is 83.1 Å². The number of nitrogens with zero attached hydrogens (tertiary/aromatic N) is 5. The average Bonchev–Trinajstić information content (AvgIpc) is 3.03. The molecule has 2 aliphatic rings. The molecule has 0 aromatic carbocycles. The third-order valence-electron chi connectivity index (χ3n) is 5.34. The summed E-state index contributed by atoms with van der Waals surface area (Å²) < 4.78 is 12.8. The summed E-state index contributed by atoms with van der Waals surface area (Å²) in [6.45, 7) is 9.02. The quantitative estimate of drug-likeness (QED) is 0.665. The summed E-state index contributed by atoms with van der Waals surface area (Å²) in [5.74, 6) is 2.64. The molecule has 2 saturated heterocycles. The lowest BCUT2D eigenvalue weighted by molar-refractivity contribution is -0.133. The first-order valence-electron chi connectivity index (χ1n) is 9.72. The van der Waals surface area contributed by atoms with Gasteiger partial charge in [0.2, 0.25) is 5.91 Å². The predicted molar refractivity (Wildman–Crippen MR) is 96.8 cm³/mol. The van der Waals surface area contributed by atoms with Crippen LogP contribution < -0.4 is 0 Å². The number of hydrogen-bond acceptors (Lipinski definition) is 6. The molecule has 3 rings (SSSR count). The SMILES string of the molecule is CCOCCC(=O)N1CCC(c2nnc(CN3CCOCC3)n2C)CC1. The minimum atomic E-state index is 0.197. The van der Waals surface area contributed by atoms with Crippen molar-refractivity contribution in [1.29, 1.82) is 0 Å². The highest BCUT2D eigenvalue weighted by molar-refractivity contribution is 5.76. The van der Waals surface area contributed by atoms with Crippen molar-refractivity contribution in [2.75, 3.05) is 52.6 Å². The molecule has 1 aromatic rings. The fourth-order valence-corrected chi connectivity index (χ4v) is 3.68. The number of carbonyl (C=O) groups is 1. The zero-order valence-electron chi connectivity index (χ0n) is 16.0. The molecule has 0 saturated carbocycles. The van der Waals surface area contributed by atoms with Crippen LogP contribution in [0.5, 0.6) is 0 Å². The van der Waals surface area contributed by atoms with E-state index >= 15 is 0 Å². The monoisotopic (exact) mass is 365 g/mol. The molecule has 1 aromatic heterocycles. The van der Waals surface area contributed by atoms with Crippen LogP contribution in [0.3, 0.4) is 0 Å². The standard InChI is InChI=1S/C18H31N5O3/c1-3-25-11-6-17(24)23-7-4-15(5-8-23)18-20-19-16(21(18)2)14-22-9-12-26-13-10-22/h15H,3-14H2,1-2H3. The van der Waals surface area contributed by atoms with Gasteiger partial charge in [0.15, 0.2) is 0 Å². The molecule has 0 unspecified atom stereocenters. The minimum Gasteiger partial charge on any atom is -0.381 e. The smallest absolute Gasteiger partial charge is 0.224 e. The van der Waals surface area contributed by atoms with Crippen LogP contribution in [0.25, 0.3) is 0 Å². The first kappa shape index (κ1) is 19.3. The third-order valence-corrected chi connectivity index (χ3v) is 5.34. The normalized spacial score (nSPS) is 19.8. The van der Waals surface area contributed by atoms with Gasteiger partial charge in [-0.25, -0.2) is 0 Å². The van der Waals surface area contributed by atoms with Crippen LogP contribution in [0, 0.1) is 0 Å². The molecule has 8 heteroatoms. The number of morpholine rings is 1. The van der Waals surface area contributed by atoms with Gasteiger partial charge in [0.1, 0.15) is 11.6 Å². The van der Waals surface area contributed by atoms with E-state index < -0.39 is 0 Å². The number of aromatic nitrogens is 3. The van der Waals surface area contributed by atoms with Crippen molar-refractivity contribution < 1.29 is 14.3 Å². The van der Waals surface area contributed by atoms with Crippen molar-refractivity contribution >= 4 is 5.91 Å². The second-order valence-corrected chi connectivity index (χ2v) is 7.02. The fraction of sp³-hybridized carbons (Fsp3) is 0.833. The summed E-state index contributed by atoms with van der Waals surface area (Å²) in [5, 5.41) is 8.89. The first-order valence-corrected chi connectivity index (χ1v) is 9.72. The van der Waals surface area contributed by atoms with E-state index in [0.29, 0.717) is 25.6 Å². The maximum Gasteiger partial charge on any atom is 0.224 e. The highest BCUT2D eigenvalue weighted by Gasteiger charge is 2.27. The zero-order valence-corrected chi connectivity index (χ0v) is 16.0. The lowest BCUT2D eigenvalue weighted by Crippen LogP contribution is -2.39. The summed E-state index contributed by atoms with van der Waals surface area (Å²) in [5.41, 5.74) is 0. The van der Waals surface area contributed by atoms with Crippen molar-refractivity contribution in [3.8, 4) is 0 Å². The Labute approximate surface area is 155 Å². The number of carbonyl (C=O) groups excluding carboxylic acids is 1. The van der Waals surface area contributed by atoms with Gasteiger partial charge in [0.25, 0.3) is 0 Å². The minimum absolute atomic E-state index is 0.197. The Morgan fingerprint density at radius 1 is 1.19 bits per heavy atom. The lowest BCUT2D eigenvalue weighted by Gasteiger charge is -2.31. The number of likely N-dealkylation sites (tertiary alicyclic amines) is 1. The summed E-state index contributed by atoms with van der Waals surface area (Å²) in [6.07, 6.45) is 2.37. The average molecular weight is 365 g/mol. The van der Waals surface area contributed by atoms with Crippen molar-refractivity contribution in [3.63, 3.8) is 0 Å². The summed E-state index contributed by atoms with van der Waals surface area (Å²) >= 11 is 0. The van der Waals surface area contributed by atoms with E-state index in [4.69, 9.17) is 9.47 Å². The van der Waals surface area contributed by atoms with Gasteiger partial charge in [0.05, 0.1) is 32.8 Å². The number of rotatable bonds is 7. The van der Waals surface area contributed by atoms with Crippen LogP contribution in [0.4, 0.5) is 0 Å². The molecule has 8 nitrogen and oxygen atoms in total. The Balaban J connectivity index is 1.50. The van der Waals surface area contributed by atoms with Crippen LogP contribution in [0.2, 0.25) is 0 Å². The van der Waals surface area contributed by atoms with Gasteiger partial charge in [-0.2, -0.15) is 0 Å². The van der Waals surface area contributed by atoms with Gasteiger partial charge in [0, 0.05) is 45.8 Å². The molecule has 3 heterocycles. The van der Waals surface area contributed by atoms with Crippen molar-refractivity contribution in [3.05, 3.63) is 11.6 Å². The maximum absolute atomic E-state index is 12.2. The topological polar surface area (TPSA) is 72.7 Å². The van der Waals surface area contributed by atoms with Crippen LogP contribution in [0.1, 0.15) is 43.8 Å². The van der Waals surface area contributed by atoms with Gasteiger partial charge < -0.3 is 18.9 Å². The van der Waals surface area contributed by atoms with E-state index in [9.17, 15) is 4.79 Å². The number of amides is 1. The Morgan fingerprint density at radius 3 is 2.62 bits per heavy atom. The molecule has 146 valence electrons. The fourth-order valence-electron chi connectivity index (χ4n) is 3.68. The maximum atomic E-state index is 12.2. The first-order chi connectivity index (χ1) is 12.7. The predicted octanol–water partition coefficient (Wildman–Crippen LogP) is 0.780. The Bertz CT molecular complexity index is 577. The van der Waals surface area contributed by atoms with Gasteiger partial charge in [-0.1, -0.05) is 0 Å². The van der Waals surface area contributed by atoms with E-state index in [1.165, 1.54) is 0 Å². The molecule has 0 radical (unpaired) electrons. The second kappa shape index (κ2) is 9.43. The molecule has 0 spiro atoms. The molecule has 0 aliphatic carbocycles. The summed E-state index contributed by atoms with van der Waals surface area (Å²) in [6, 6.07) is 0. The van der Waals surface area contributed by atoms with Crippen molar-refractivity contribution in [2.45, 2.75) is 38.6 Å². The molecule has 2 aliphatic heterocycles. The number of hydrogen-bond donors (Lipinski definition) is 0. The highest BCUT2D eigenvalue weighted by Crippen LogP contribution is 2.27. The highest BCUT2D eigenvalue weighted by atomic mass is 16.5.